The summed E-state index contributed by atoms with van der Waals surface area (Å²) < 4.78 is 0. The van der Waals surface area contributed by atoms with Gasteiger partial charge < -0.3 is 15.1 Å². The third kappa shape index (κ3) is 4.96. The number of amides is 2. The lowest BCUT2D eigenvalue weighted by atomic mass is 10.1. The molecule has 144 valence electrons. The van der Waals surface area contributed by atoms with E-state index in [1.165, 1.54) is 4.88 Å². The summed E-state index contributed by atoms with van der Waals surface area (Å²) in [6.45, 7) is 1.20. The molecule has 2 unspecified atom stereocenters. The standard InChI is InChI=1S/C21H27N3O2S/c1-23(2)18(19-11-7-13-27-19)15-22-21(26)17-10-6-12-24(17)20(25)14-16-8-4-3-5-9-16/h3-5,7-9,11,13,17-18H,6,10,12,14-15H2,1-2H3,(H,22,26). The van der Waals surface area contributed by atoms with Crippen LogP contribution in [-0.2, 0) is 16.0 Å². The van der Waals surface area contributed by atoms with Gasteiger partial charge in [-0.1, -0.05) is 36.4 Å². The SMILES string of the molecule is CN(C)C(CNC(=O)C1CCCN1C(=O)Cc1ccccc1)c1cccs1. The third-order valence-corrected chi connectivity index (χ3v) is 6.01. The topological polar surface area (TPSA) is 52.7 Å². The van der Waals surface area contributed by atoms with Crippen LogP contribution in [0.3, 0.4) is 0 Å². The average molecular weight is 386 g/mol. The first kappa shape index (κ1) is 19.6. The minimum absolute atomic E-state index is 0.0290. The highest BCUT2D eigenvalue weighted by molar-refractivity contribution is 7.10. The quantitative estimate of drug-likeness (QED) is 0.797. The van der Waals surface area contributed by atoms with Gasteiger partial charge in [0.1, 0.15) is 6.04 Å². The monoisotopic (exact) mass is 385 g/mol. The second-order valence-electron chi connectivity index (χ2n) is 7.15. The number of nitrogens with one attached hydrogen (secondary N) is 1. The fourth-order valence-corrected chi connectivity index (χ4v) is 4.47. The molecule has 2 aromatic rings. The number of hydrogen-bond donors (Lipinski definition) is 1. The number of thiophene rings is 1. The van der Waals surface area contributed by atoms with Crippen molar-refractivity contribution in [2.75, 3.05) is 27.2 Å². The van der Waals surface area contributed by atoms with E-state index in [1.807, 2.05) is 50.5 Å². The van der Waals surface area contributed by atoms with Gasteiger partial charge in [-0.15, -0.1) is 11.3 Å². The molecule has 1 aromatic carbocycles. The summed E-state index contributed by atoms with van der Waals surface area (Å²) >= 11 is 1.69. The molecule has 1 aliphatic heterocycles. The normalized spacial score (nSPS) is 17.9. The van der Waals surface area contributed by atoms with E-state index in [2.05, 4.69) is 21.7 Å². The molecule has 2 heterocycles. The van der Waals surface area contributed by atoms with Gasteiger partial charge in [0.2, 0.25) is 11.8 Å². The Bertz CT molecular complexity index is 746. The summed E-state index contributed by atoms with van der Waals surface area (Å²) in [6, 6.07) is 13.6. The number of carbonyl (C=O) groups is 2. The Hall–Kier alpha value is -2.18. The van der Waals surface area contributed by atoms with Crippen LogP contribution in [0.2, 0.25) is 0 Å². The zero-order valence-electron chi connectivity index (χ0n) is 15.9. The lowest BCUT2D eigenvalue weighted by Crippen LogP contribution is -2.48. The van der Waals surface area contributed by atoms with Gasteiger partial charge in [0.25, 0.3) is 0 Å². The highest BCUT2D eigenvalue weighted by Crippen LogP contribution is 2.23. The number of nitrogens with zero attached hydrogens (tertiary/aromatic N) is 2. The first-order valence-corrected chi connectivity index (χ1v) is 10.2. The fourth-order valence-electron chi connectivity index (χ4n) is 3.54. The average Bonchev–Trinajstić information content (AvgIpc) is 3.34. The molecule has 1 aromatic heterocycles. The highest BCUT2D eigenvalue weighted by atomic mass is 32.1. The van der Waals surface area contributed by atoms with Crippen molar-refractivity contribution in [1.82, 2.24) is 15.1 Å². The van der Waals surface area contributed by atoms with Gasteiger partial charge >= 0.3 is 0 Å². The molecule has 0 saturated carbocycles. The summed E-state index contributed by atoms with van der Waals surface area (Å²) in [6.07, 6.45) is 1.96. The van der Waals surface area contributed by atoms with Crippen LogP contribution in [0.1, 0.15) is 29.3 Å². The second kappa shape index (κ2) is 9.15. The summed E-state index contributed by atoms with van der Waals surface area (Å²) in [4.78, 5) is 30.6. The molecule has 27 heavy (non-hydrogen) atoms. The third-order valence-electron chi connectivity index (χ3n) is 5.04. The zero-order chi connectivity index (χ0) is 19.2. The van der Waals surface area contributed by atoms with E-state index in [-0.39, 0.29) is 23.9 Å². The predicted octanol–water partition coefficient (Wildman–Crippen LogP) is 2.70. The molecule has 6 heteroatoms. The summed E-state index contributed by atoms with van der Waals surface area (Å²) in [7, 11) is 4.03. The van der Waals surface area contributed by atoms with E-state index >= 15 is 0 Å². The minimum Gasteiger partial charge on any atom is -0.352 e. The van der Waals surface area contributed by atoms with E-state index < -0.39 is 0 Å². The van der Waals surface area contributed by atoms with Crippen molar-refractivity contribution in [1.29, 1.82) is 0 Å². The van der Waals surface area contributed by atoms with Crippen molar-refractivity contribution in [2.24, 2.45) is 0 Å². The van der Waals surface area contributed by atoms with Gasteiger partial charge in [0.05, 0.1) is 12.5 Å². The lowest BCUT2D eigenvalue weighted by molar-refractivity contribution is -0.138. The molecule has 3 rings (SSSR count). The molecule has 1 fully saturated rings. The van der Waals surface area contributed by atoms with Gasteiger partial charge in [-0.25, -0.2) is 0 Å². The molecule has 0 radical (unpaired) electrons. The van der Waals surface area contributed by atoms with Crippen molar-refractivity contribution in [3.8, 4) is 0 Å². The summed E-state index contributed by atoms with van der Waals surface area (Å²) in [5, 5.41) is 5.13. The number of likely N-dealkylation sites (N-methyl/N-ethyl adjacent to an activating group) is 1. The minimum atomic E-state index is -0.354. The highest BCUT2D eigenvalue weighted by Gasteiger charge is 2.34. The van der Waals surface area contributed by atoms with Crippen LogP contribution in [0, 0.1) is 0 Å². The predicted molar refractivity (Wildman–Crippen MR) is 109 cm³/mol. The Morgan fingerprint density at radius 1 is 1.22 bits per heavy atom. The number of benzene rings is 1. The van der Waals surface area contributed by atoms with Crippen molar-refractivity contribution in [2.45, 2.75) is 31.3 Å². The molecular weight excluding hydrogens is 358 g/mol. The zero-order valence-corrected chi connectivity index (χ0v) is 16.7. The van der Waals surface area contributed by atoms with Crippen molar-refractivity contribution >= 4 is 23.2 Å². The number of hydrogen-bond acceptors (Lipinski definition) is 4. The Balaban J connectivity index is 1.59. The van der Waals surface area contributed by atoms with Crippen LogP contribution in [0.5, 0.6) is 0 Å². The molecule has 0 bridgehead atoms. The van der Waals surface area contributed by atoms with Gasteiger partial charge in [0.15, 0.2) is 0 Å². The Labute approximate surface area is 165 Å². The van der Waals surface area contributed by atoms with Gasteiger partial charge in [-0.3, -0.25) is 9.59 Å². The van der Waals surface area contributed by atoms with Crippen LogP contribution < -0.4 is 5.32 Å². The summed E-state index contributed by atoms with van der Waals surface area (Å²) in [5.74, 6) is -0.0152. The first-order valence-electron chi connectivity index (χ1n) is 9.37. The molecule has 2 amide bonds. The van der Waals surface area contributed by atoms with Crippen LogP contribution in [0.25, 0.3) is 0 Å². The van der Waals surface area contributed by atoms with E-state index in [1.54, 1.807) is 16.2 Å². The fraction of sp³-hybridized carbons (Fsp3) is 0.429. The maximum atomic E-state index is 12.8. The maximum absolute atomic E-state index is 12.8. The molecule has 2 atom stereocenters. The largest absolute Gasteiger partial charge is 0.352 e. The van der Waals surface area contributed by atoms with Crippen molar-refractivity contribution in [3.05, 3.63) is 58.3 Å². The van der Waals surface area contributed by atoms with Crippen molar-refractivity contribution in [3.63, 3.8) is 0 Å². The molecular formula is C21H27N3O2S. The number of rotatable bonds is 7. The molecule has 0 aliphatic carbocycles. The number of carbonyl (C=O) groups excluding carboxylic acids is 2. The molecule has 1 N–H and O–H groups in total. The second-order valence-corrected chi connectivity index (χ2v) is 8.13. The van der Waals surface area contributed by atoms with Gasteiger partial charge in [-0.2, -0.15) is 0 Å². The van der Waals surface area contributed by atoms with Gasteiger partial charge in [-0.05, 0) is 43.9 Å². The molecule has 0 spiro atoms. The molecule has 1 aliphatic rings. The van der Waals surface area contributed by atoms with Crippen LogP contribution in [0.15, 0.2) is 47.8 Å². The van der Waals surface area contributed by atoms with Crippen molar-refractivity contribution < 1.29 is 9.59 Å². The van der Waals surface area contributed by atoms with Crippen LogP contribution >= 0.6 is 11.3 Å². The maximum Gasteiger partial charge on any atom is 0.242 e. The molecule has 5 nitrogen and oxygen atoms in total. The van der Waals surface area contributed by atoms with E-state index in [4.69, 9.17) is 0 Å². The Kier molecular flexibility index (Phi) is 6.63. The smallest absolute Gasteiger partial charge is 0.242 e. The number of likely N-dealkylation sites (tertiary alicyclic amines) is 1. The van der Waals surface area contributed by atoms with E-state index in [0.717, 1.165) is 18.4 Å². The lowest BCUT2D eigenvalue weighted by Gasteiger charge is -2.27. The molecule has 1 saturated heterocycles. The van der Waals surface area contributed by atoms with Gasteiger partial charge in [0, 0.05) is 18.0 Å². The Morgan fingerprint density at radius 3 is 2.67 bits per heavy atom. The van der Waals surface area contributed by atoms with E-state index in [0.29, 0.717) is 19.5 Å². The summed E-state index contributed by atoms with van der Waals surface area (Å²) in [5.41, 5.74) is 0.985. The van der Waals surface area contributed by atoms with Crippen LogP contribution in [-0.4, -0.2) is 54.8 Å². The first-order chi connectivity index (χ1) is 13.1. The van der Waals surface area contributed by atoms with E-state index in [9.17, 15) is 9.59 Å². The van der Waals surface area contributed by atoms with Crippen LogP contribution in [0.4, 0.5) is 0 Å². The Morgan fingerprint density at radius 2 is 2.00 bits per heavy atom.